The molecule has 2 amide bonds. The molecule has 6 heteroatoms. The maximum Gasteiger partial charge on any atom is 0.246 e. The van der Waals surface area contributed by atoms with Crippen LogP contribution in [0.3, 0.4) is 0 Å². The van der Waals surface area contributed by atoms with Gasteiger partial charge in [-0.15, -0.1) is 0 Å². The van der Waals surface area contributed by atoms with E-state index >= 15 is 0 Å². The zero-order valence-corrected chi connectivity index (χ0v) is 11.4. The fourth-order valence-electron chi connectivity index (χ4n) is 2.23. The van der Waals surface area contributed by atoms with Gasteiger partial charge >= 0.3 is 0 Å². The zero-order valence-electron chi connectivity index (χ0n) is 11.4. The number of carbonyl (C=O) groups is 2. The van der Waals surface area contributed by atoms with E-state index in [1.54, 1.807) is 17.9 Å². The summed E-state index contributed by atoms with van der Waals surface area (Å²) in [5, 5.41) is 6.57. The average Bonchev–Trinajstić information content (AvgIpc) is 2.84. The number of aromatic nitrogens is 1. The second kappa shape index (κ2) is 5.42. The van der Waals surface area contributed by atoms with Crippen molar-refractivity contribution in [1.82, 2.24) is 15.4 Å². The molecule has 104 valence electrons. The zero-order chi connectivity index (χ0) is 14.0. The van der Waals surface area contributed by atoms with E-state index in [0.717, 1.165) is 0 Å². The van der Waals surface area contributed by atoms with Gasteiger partial charge in [-0.1, -0.05) is 19.0 Å². The summed E-state index contributed by atoms with van der Waals surface area (Å²) in [4.78, 5) is 25.9. The Morgan fingerprint density at radius 3 is 2.79 bits per heavy atom. The van der Waals surface area contributed by atoms with Crippen molar-refractivity contribution in [1.29, 1.82) is 0 Å². The quantitative estimate of drug-likeness (QED) is 0.879. The lowest BCUT2D eigenvalue weighted by atomic mass is 9.99. The smallest absolute Gasteiger partial charge is 0.246 e. The number of piperazine rings is 1. The molecule has 19 heavy (non-hydrogen) atoms. The molecule has 1 aliphatic rings. The molecule has 0 aliphatic carbocycles. The number of amides is 2. The van der Waals surface area contributed by atoms with Crippen molar-refractivity contribution in [3.63, 3.8) is 0 Å². The van der Waals surface area contributed by atoms with Gasteiger partial charge in [0.25, 0.3) is 0 Å². The van der Waals surface area contributed by atoms with Crippen LogP contribution >= 0.6 is 0 Å². The van der Waals surface area contributed by atoms with Gasteiger partial charge in [0.2, 0.25) is 11.8 Å². The third kappa shape index (κ3) is 2.94. The maximum atomic E-state index is 12.4. The molecule has 2 heterocycles. The van der Waals surface area contributed by atoms with Gasteiger partial charge in [0.05, 0.1) is 6.54 Å². The van der Waals surface area contributed by atoms with Crippen molar-refractivity contribution in [2.45, 2.75) is 45.8 Å². The van der Waals surface area contributed by atoms with E-state index in [0.29, 0.717) is 24.6 Å². The minimum Gasteiger partial charge on any atom is -0.364 e. The van der Waals surface area contributed by atoms with E-state index in [2.05, 4.69) is 10.5 Å². The van der Waals surface area contributed by atoms with Crippen LogP contribution in [0.25, 0.3) is 0 Å². The van der Waals surface area contributed by atoms with Gasteiger partial charge in [0, 0.05) is 6.07 Å². The molecule has 2 unspecified atom stereocenters. The van der Waals surface area contributed by atoms with Crippen LogP contribution in [0.5, 0.6) is 0 Å². The summed E-state index contributed by atoms with van der Waals surface area (Å²) in [6, 6.07) is 0.785. The number of carbonyl (C=O) groups excluding carboxylic acids is 2. The standard InChI is InChI=1S/C13H19N3O3/c1-8(2)6-11-13(18)16(9(3)12(17)14-11)7-10-4-5-19-15-10/h4-5,8-9,11H,6-7H2,1-3H3,(H,14,17). The Morgan fingerprint density at radius 1 is 1.47 bits per heavy atom. The highest BCUT2D eigenvalue weighted by Crippen LogP contribution is 2.17. The van der Waals surface area contributed by atoms with Crippen LogP contribution in [0.2, 0.25) is 0 Å². The first-order chi connectivity index (χ1) is 8.99. The van der Waals surface area contributed by atoms with Gasteiger partial charge < -0.3 is 14.7 Å². The van der Waals surface area contributed by atoms with Crippen molar-refractivity contribution in [3.8, 4) is 0 Å². The molecule has 1 aromatic heterocycles. The van der Waals surface area contributed by atoms with Crippen molar-refractivity contribution < 1.29 is 14.1 Å². The first kappa shape index (κ1) is 13.6. The lowest BCUT2D eigenvalue weighted by Crippen LogP contribution is -2.62. The highest BCUT2D eigenvalue weighted by atomic mass is 16.5. The van der Waals surface area contributed by atoms with E-state index in [1.165, 1.54) is 6.26 Å². The number of hydrogen-bond acceptors (Lipinski definition) is 4. The molecule has 6 nitrogen and oxygen atoms in total. The Hall–Kier alpha value is -1.85. The van der Waals surface area contributed by atoms with Gasteiger partial charge in [-0.3, -0.25) is 9.59 Å². The first-order valence-electron chi connectivity index (χ1n) is 6.49. The van der Waals surface area contributed by atoms with E-state index < -0.39 is 12.1 Å². The van der Waals surface area contributed by atoms with Crippen LogP contribution < -0.4 is 5.32 Å². The average molecular weight is 265 g/mol. The number of nitrogens with one attached hydrogen (secondary N) is 1. The van der Waals surface area contributed by atoms with Crippen molar-refractivity contribution in [3.05, 3.63) is 18.0 Å². The lowest BCUT2D eigenvalue weighted by molar-refractivity contribution is -0.149. The van der Waals surface area contributed by atoms with Gasteiger partial charge in [0.1, 0.15) is 24.0 Å². The Morgan fingerprint density at radius 2 is 2.21 bits per heavy atom. The predicted molar refractivity (Wildman–Crippen MR) is 67.9 cm³/mol. The molecule has 1 aromatic rings. The lowest BCUT2D eigenvalue weighted by Gasteiger charge is -2.37. The SMILES string of the molecule is CC(C)CC1NC(=O)C(C)N(Cc2ccon2)C1=O. The first-order valence-corrected chi connectivity index (χ1v) is 6.49. The normalized spacial score (nSPS) is 23.9. The van der Waals surface area contributed by atoms with Crippen LogP contribution in [0, 0.1) is 5.92 Å². The molecular formula is C13H19N3O3. The van der Waals surface area contributed by atoms with Gasteiger partial charge in [-0.2, -0.15) is 0 Å². The summed E-state index contributed by atoms with van der Waals surface area (Å²) < 4.78 is 4.76. The molecule has 2 rings (SSSR count). The molecule has 0 saturated carbocycles. The maximum absolute atomic E-state index is 12.4. The number of rotatable bonds is 4. The van der Waals surface area contributed by atoms with Gasteiger partial charge in [0.15, 0.2) is 0 Å². The summed E-state index contributed by atoms with van der Waals surface area (Å²) in [6.07, 6.45) is 2.10. The molecule has 1 aliphatic heterocycles. The number of hydrogen-bond donors (Lipinski definition) is 1. The van der Waals surface area contributed by atoms with Crippen LogP contribution in [0.1, 0.15) is 32.9 Å². The molecule has 0 aromatic carbocycles. The third-order valence-electron chi connectivity index (χ3n) is 3.28. The minimum atomic E-state index is -0.479. The summed E-state index contributed by atoms with van der Waals surface area (Å²) in [5.41, 5.74) is 0.651. The van der Waals surface area contributed by atoms with Crippen LogP contribution in [-0.4, -0.2) is 34.0 Å². The van der Waals surface area contributed by atoms with E-state index in [9.17, 15) is 9.59 Å². The monoisotopic (exact) mass is 265 g/mol. The number of nitrogens with zero attached hydrogens (tertiary/aromatic N) is 2. The minimum absolute atomic E-state index is 0.0520. The molecule has 0 bridgehead atoms. The fraction of sp³-hybridized carbons (Fsp3) is 0.615. The third-order valence-corrected chi connectivity index (χ3v) is 3.28. The molecule has 1 fully saturated rings. The second-order valence-corrected chi connectivity index (χ2v) is 5.32. The molecule has 0 spiro atoms. The molecule has 0 radical (unpaired) electrons. The Kier molecular flexibility index (Phi) is 3.87. The molecular weight excluding hydrogens is 246 g/mol. The Bertz CT molecular complexity index is 456. The van der Waals surface area contributed by atoms with E-state index in [4.69, 9.17) is 4.52 Å². The van der Waals surface area contributed by atoms with Crippen LogP contribution in [0.4, 0.5) is 0 Å². The van der Waals surface area contributed by atoms with Crippen molar-refractivity contribution in [2.24, 2.45) is 5.92 Å². The second-order valence-electron chi connectivity index (χ2n) is 5.32. The predicted octanol–water partition coefficient (Wildman–Crippen LogP) is 0.936. The Balaban J connectivity index is 2.14. The Labute approximate surface area is 112 Å². The van der Waals surface area contributed by atoms with Crippen LogP contribution in [0.15, 0.2) is 16.9 Å². The van der Waals surface area contributed by atoms with Gasteiger partial charge in [-0.05, 0) is 19.3 Å². The molecule has 1 saturated heterocycles. The van der Waals surface area contributed by atoms with E-state index in [-0.39, 0.29) is 11.8 Å². The molecule has 1 N–H and O–H groups in total. The highest BCUT2D eigenvalue weighted by molar-refractivity contribution is 5.96. The molecule has 2 atom stereocenters. The highest BCUT2D eigenvalue weighted by Gasteiger charge is 2.38. The summed E-state index contributed by atoms with van der Waals surface area (Å²) in [7, 11) is 0. The summed E-state index contributed by atoms with van der Waals surface area (Å²) >= 11 is 0. The largest absolute Gasteiger partial charge is 0.364 e. The fourth-order valence-corrected chi connectivity index (χ4v) is 2.23. The van der Waals surface area contributed by atoms with Crippen molar-refractivity contribution in [2.75, 3.05) is 0 Å². The topological polar surface area (TPSA) is 75.4 Å². The van der Waals surface area contributed by atoms with Gasteiger partial charge in [-0.25, -0.2) is 0 Å². The summed E-state index contributed by atoms with van der Waals surface area (Å²) in [5.74, 6) is 0.175. The summed E-state index contributed by atoms with van der Waals surface area (Å²) in [6.45, 7) is 6.08. The van der Waals surface area contributed by atoms with E-state index in [1.807, 2.05) is 13.8 Å². The van der Waals surface area contributed by atoms with Crippen molar-refractivity contribution >= 4 is 11.8 Å². The van der Waals surface area contributed by atoms with Crippen LogP contribution in [-0.2, 0) is 16.1 Å².